The molecular formula is C15H16BrNO2. The molecule has 100 valence electrons. The molecule has 0 unspecified atom stereocenters. The Balaban J connectivity index is 2.03. The molecule has 1 amide bonds. The van der Waals surface area contributed by atoms with E-state index in [4.69, 9.17) is 4.74 Å². The van der Waals surface area contributed by atoms with E-state index in [9.17, 15) is 4.79 Å². The summed E-state index contributed by atoms with van der Waals surface area (Å²) < 4.78 is 6.55. The molecule has 0 atom stereocenters. The van der Waals surface area contributed by atoms with Crippen molar-refractivity contribution in [3.05, 3.63) is 46.0 Å². The molecule has 1 aromatic rings. The first kappa shape index (κ1) is 13.9. The Labute approximate surface area is 121 Å². The monoisotopic (exact) mass is 321 g/mol. The van der Waals surface area contributed by atoms with E-state index in [1.807, 2.05) is 43.4 Å². The molecule has 0 aromatic heterocycles. The van der Waals surface area contributed by atoms with Crippen molar-refractivity contribution in [1.82, 2.24) is 5.32 Å². The molecule has 0 aliphatic carbocycles. The summed E-state index contributed by atoms with van der Waals surface area (Å²) in [5, 5.41) is 2.88. The summed E-state index contributed by atoms with van der Waals surface area (Å²) in [4.78, 5) is 12.0. The van der Waals surface area contributed by atoms with Crippen LogP contribution in [0.15, 0.2) is 40.4 Å². The Morgan fingerprint density at radius 1 is 1.53 bits per heavy atom. The minimum Gasteiger partial charge on any atom is -0.488 e. The fourth-order valence-electron chi connectivity index (χ4n) is 1.83. The molecule has 0 fully saturated rings. The minimum absolute atomic E-state index is 0.0601. The summed E-state index contributed by atoms with van der Waals surface area (Å²) in [5.41, 5.74) is 1.59. The van der Waals surface area contributed by atoms with Crippen LogP contribution in [-0.2, 0) is 4.79 Å². The highest BCUT2D eigenvalue weighted by molar-refractivity contribution is 9.10. The molecule has 0 spiro atoms. The van der Waals surface area contributed by atoms with Crippen LogP contribution in [0.3, 0.4) is 0 Å². The van der Waals surface area contributed by atoms with Gasteiger partial charge in [-0.1, -0.05) is 28.1 Å². The predicted octanol–water partition coefficient (Wildman–Crippen LogP) is 3.31. The van der Waals surface area contributed by atoms with Gasteiger partial charge in [0.25, 0.3) is 5.91 Å². The molecule has 1 aliphatic heterocycles. The van der Waals surface area contributed by atoms with Gasteiger partial charge in [0, 0.05) is 16.6 Å². The topological polar surface area (TPSA) is 38.3 Å². The van der Waals surface area contributed by atoms with Gasteiger partial charge in [-0.25, -0.2) is 0 Å². The van der Waals surface area contributed by atoms with Gasteiger partial charge < -0.3 is 10.1 Å². The van der Waals surface area contributed by atoms with Crippen molar-refractivity contribution in [2.24, 2.45) is 0 Å². The Hall–Kier alpha value is -1.55. The van der Waals surface area contributed by atoms with E-state index in [-0.39, 0.29) is 5.91 Å². The standard InChI is InChI=1S/C15H16BrNO2/c1-2-3-4-7-17-15(18)12-8-11-9-13(16)5-6-14(11)19-10-12/h2-3,5-6,8-9H,4,7,10H2,1H3,(H,17,18)/b3-2+. The lowest BCUT2D eigenvalue weighted by molar-refractivity contribution is -0.117. The van der Waals surface area contributed by atoms with Gasteiger partial charge >= 0.3 is 0 Å². The summed E-state index contributed by atoms with van der Waals surface area (Å²) in [5.74, 6) is 0.754. The smallest absolute Gasteiger partial charge is 0.250 e. The normalized spacial score (nSPS) is 13.7. The molecule has 0 saturated carbocycles. The van der Waals surface area contributed by atoms with Crippen molar-refractivity contribution in [3.8, 4) is 5.75 Å². The second-order valence-electron chi connectivity index (χ2n) is 4.25. The van der Waals surface area contributed by atoms with Crippen LogP contribution in [0.25, 0.3) is 6.08 Å². The van der Waals surface area contributed by atoms with Crippen LogP contribution in [0.4, 0.5) is 0 Å². The highest BCUT2D eigenvalue weighted by Gasteiger charge is 2.16. The van der Waals surface area contributed by atoms with E-state index in [0.717, 1.165) is 22.2 Å². The number of halogens is 1. The molecular weight excluding hydrogens is 306 g/mol. The van der Waals surface area contributed by atoms with Gasteiger partial charge in [0.05, 0.1) is 5.57 Å². The zero-order valence-corrected chi connectivity index (χ0v) is 12.4. The number of rotatable bonds is 4. The van der Waals surface area contributed by atoms with Crippen LogP contribution in [0, 0.1) is 0 Å². The average Bonchev–Trinajstić information content (AvgIpc) is 2.42. The largest absolute Gasteiger partial charge is 0.488 e. The van der Waals surface area contributed by atoms with Gasteiger partial charge in [0.15, 0.2) is 0 Å². The van der Waals surface area contributed by atoms with Crippen LogP contribution in [0.1, 0.15) is 18.9 Å². The van der Waals surface area contributed by atoms with Gasteiger partial charge in [0.1, 0.15) is 12.4 Å². The first-order valence-electron chi connectivity index (χ1n) is 6.23. The SMILES string of the molecule is C/C=C/CCNC(=O)C1=Cc2cc(Br)ccc2OC1. The Morgan fingerprint density at radius 3 is 3.16 bits per heavy atom. The van der Waals surface area contributed by atoms with Crippen molar-refractivity contribution in [2.45, 2.75) is 13.3 Å². The zero-order valence-electron chi connectivity index (χ0n) is 10.8. The van der Waals surface area contributed by atoms with Gasteiger partial charge in [-0.3, -0.25) is 4.79 Å². The summed E-state index contributed by atoms with van der Waals surface area (Å²) in [6, 6.07) is 5.77. The number of amides is 1. The first-order chi connectivity index (χ1) is 9.20. The van der Waals surface area contributed by atoms with E-state index in [0.29, 0.717) is 18.7 Å². The molecule has 0 radical (unpaired) electrons. The van der Waals surface area contributed by atoms with Gasteiger partial charge in [-0.05, 0) is 37.6 Å². The van der Waals surface area contributed by atoms with Crippen molar-refractivity contribution < 1.29 is 9.53 Å². The number of hydrogen-bond acceptors (Lipinski definition) is 2. The third-order valence-electron chi connectivity index (χ3n) is 2.81. The third-order valence-corrected chi connectivity index (χ3v) is 3.30. The molecule has 2 rings (SSSR count). The number of fused-ring (bicyclic) bond motifs is 1. The number of carbonyl (C=O) groups excluding carboxylic acids is 1. The fourth-order valence-corrected chi connectivity index (χ4v) is 2.21. The van der Waals surface area contributed by atoms with Crippen LogP contribution in [0.5, 0.6) is 5.75 Å². The highest BCUT2D eigenvalue weighted by atomic mass is 79.9. The molecule has 1 aliphatic rings. The average molecular weight is 322 g/mol. The summed E-state index contributed by atoms with van der Waals surface area (Å²) in [7, 11) is 0. The van der Waals surface area contributed by atoms with Crippen molar-refractivity contribution >= 4 is 27.9 Å². The number of carbonyl (C=O) groups is 1. The quantitative estimate of drug-likeness (QED) is 0.682. The van der Waals surface area contributed by atoms with Crippen LogP contribution >= 0.6 is 15.9 Å². The minimum atomic E-state index is -0.0601. The van der Waals surface area contributed by atoms with Gasteiger partial charge in [-0.15, -0.1) is 0 Å². The maximum atomic E-state index is 12.0. The lowest BCUT2D eigenvalue weighted by atomic mass is 10.1. The van der Waals surface area contributed by atoms with Crippen molar-refractivity contribution in [1.29, 1.82) is 0 Å². The highest BCUT2D eigenvalue weighted by Crippen LogP contribution is 2.29. The van der Waals surface area contributed by atoms with Gasteiger partial charge in [-0.2, -0.15) is 0 Å². The number of allylic oxidation sites excluding steroid dienone is 1. The number of benzene rings is 1. The molecule has 1 aromatic carbocycles. The summed E-state index contributed by atoms with van der Waals surface area (Å²) in [6.07, 6.45) is 6.73. The summed E-state index contributed by atoms with van der Waals surface area (Å²) in [6.45, 7) is 2.93. The fraction of sp³-hybridized carbons (Fsp3) is 0.267. The van der Waals surface area contributed by atoms with E-state index in [1.54, 1.807) is 0 Å². The van der Waals surface area contributed by atoms with E-state index >= 15 is 0 Å². The molecule has 0 bridgehead atoms. The molecule has 3 nitrogen and oxygen atoms in total. The number of hydrogen-bond donors (Lipinski definition) is 1. The van der Waals surface area contributed by atoms with Crippen molar-refractivity contribution in [3.63, 3.8) is 0 Å². The molecule has 1 heterocycles. The molecule has 0 saturated heterocycles. The Morgan fingerprint density at radius 2 is 2.37 bits per heavy atom. The number of ether oxygens (including phenoxy) is 1. The first-order valence-corrected chi connectivity index (χ1v) is 7.02. The molecule has 1 N–H and O–H groups in total. The van der Waals surface area contributed by atoms with E-state index in [1.165, 1.54) is 0 Å². The van der Waals surface area contributed by atoms with E-state index in [2.05, 4.69) is 21.2 Å². The molecule has 19 heavy (non-hydrogen) atoms. The lowest BCUT2D eigenvalue weighted by Crippen LogP contribution is -2.29. The predicted molar refractivity (Wildman–Crippen MR) is 80.1 cm³/mol. The van der Waals surface area contributed by atoms with Crippen LogP contribution < -0.4 is 10.1 Å². The molecule has 4 heteroatoms. The Kier molecular flexibility index (Phi) is 4.80. The number of nitrogens with one attached hydrogen (secondary N) is 1. The van der Waals surface area contributed by atoms with Crippen molar-refractivity contribution in [2.75, 3.05) is 13.2 Å². The van der Waals surface area contributed by atoms with E-state index < -0.39 is 0 Å². The maximum absolute atomic E-state index is 12.0. The maximum Gasteiger partial charge on any atom is 0.250 e. The summed E-state index contributed by atoms with van der Waals surface area (Å²) >= 11 is 3.41. The zero-order chi connectivity index (χ0) is 13.7. The second kappa shape index (κ2) is 6.57. The lowest BCUT2D eigenvalue weighted by Gasteiger charge is -2.17. The van der Waals surface area contributed by atoms with Crippen LogP contribution in [-0.4, -0.2) is 19.1 Å². The Bertz CT molecular complexity index is 535. The second-order valence-corrected chi connectivity index (χ2v) is 5.17. The van der Waals surface area contributed by atoms with Gasteiger partial charge in [0.2, 0.25) is 0 Å². The van der Waals surface area contributed by atoms with Crippen LogP contribution in [0.2, 0.25) is 0 Å². The third kappa shape index (κ3) is 3.70.